The van der Waals surface area contributed by atoms with Gasteiger partial charge < -0.3 is 15.5 Å². The third kappa shape index (κ3) is 4.15. The molecule has 0 bridgehead atoms. The Kier molecular flexibility index (Phi) is 5.28. The lowest BCUT2D eigenvalue weighted by atomic mass is 10.1. The summed E-state index contributed by atoms with van der Waals surface area (Å²) in [5.74, 6) is -0.120. The first kappa shape index (κ1) is 17.0. The lowest BCUT2D eigenvalue weighted by Gasteiger charge is -2.26. The second-order valence-corrected chi connectivity index (χ2v) is 6.16. The molecule has 0 saturated carbocycles. The largest absolute Gasteiger partial charge is 0.348 e. The lowest BCUT2D eigenvalue weighted by molar-refractivity contribution is -0.125. The van der Waals surface area contributed by atoms with E-state index in [0.29, 0.717) is 13.0 Å². The number of likely N-dealkylation sites (tertiary alicyclic amines) is 1. The van der Waals surface area contributed by atoms with Crippen molar-refractivity contribution in [3.63, 3.8) is 0 Å². The normalized spacial score (nSPS) is 17.8. The molecule has 1 aliphatic rings. The molecule has 1 aromatic carbocycles. The van der Waals surface area contributed by atoms with E-state index < -0.39 is 6.04 Å². The summed E-state index contributed by atoms with van der Waals surface area (Å²) in [5, 5.41) is 5.85. The highest BCUT2D eigenvalue weighted by Crippen LogP contribution is 2.20. The maximum Gasteiger partial charge on any atom is 0.322 e. The smallest absolute Gasteiger partial charge is 0.322 e. The van der Waals surface area contributed by atoms with Crippen molar-refractivity contribution in [2.45, 2.75) is 31.8 Å². The summed E-state index contributed by atoms with van der Waals surface area (Å²) >= 11 is 0. The molecule has 0 spiro atoms. The number of nitrogens with zero attached hydrogens (tertiary/aromatic N) is 2. The van der Waals surface area contributed by atoms with E-state index in [1.54, 1.807) is 17.3 Å². The molecule has 2 atom stereocenters. The van der Waals surface area contributed by atoms with Crippen molar-refractivity contribution in [3.8, 4) is 0 Å². The average molecular weight is 338 g/mol. The van der Waals surface area contributed by atoms with Crippen molar-refractivity contribution in [2.24, 2.45) is 0 Å². The molecular formula is C19H22N4O2. The summed E-state index contributed by atoms with van der Waals surface area (Å²) in [6.45, 7) is 2.51. The molecule has 1 aromatic heterocycles. The number of nitrogens with one attached hydrogen (secondary N) is 2. The van der Waals surface area contributed by atoms with Crippen LogP contribution in [0.5, 0.6) is 0 Å². The highest BCUT2D eigenvalue weighted by molar-refractivity contribution is 5.94. The van der Waals surface area contributed by atoms with E-state index in [4.69, 9.17) is 0 Å². The third-order valence-corrected chi connectivity index (χ3v) is 4.41. The molecule has 6 nitrogen and oxygen atoms in total. The van der Waals surface area contributed by atoms with Gasteiger partial charge in [-0.05, 0) is 49.6 Å². The van der Waals surface area contributed by atoms with E-state index in [1.165, 1.54) is 0 Å². The molecule has 6 heteroatoms. The quantitative estimate of drug-likeness (QED) is 0.900. The number of carbonyl (C=O) groups is 2. The van der Waals surface area contributed by atoms with Gasteiger partial charge in [-0.2, -0.15) is 0 Å². The van der Waals surface area contributed by atoms with E-state index in [-0.39, 0.29) is 18.0 Å². The maximum atomic E-state index is 12.6. The first-order valence-electron chi connectivity index (χ1n) is 8.48. The minimum atomic E-state index is -0.437. The molecule has 3 amide bonds. The number of aromatic nitrogens is 1. The molecule has 2 heterocycles. The second-order valence-electron chi connectivity index (χ2n) is 6.16. The van der Waals surface area contributed by atoms with Crippen LogP contribution in [0.15, 0.2) is 54.9 Å². The number of pyridine rings is 1. The van der Waals surface area contributed by atoms with Crippen LogP contribution in [0.25, 0.3) is 0 Å². The number of hydrogen-bond acceptors (Lipinski definition) is 3. The molecule has 2 aromatic rings. The fourth-order valence-electron chi connectivity index (χ4n) is 3.04. The number of benzene rings is 1. The number of anilines is 1. The number of carbonyl (C=O) groups excluding carboxylic acids is 2. The van der Waals surface area contributed by atoms with Crippen molar-refractivity contribution in [3.05, 3.63) is 60.4 Å². The van der Waals surface area contributed by atoms with Crippen LogP contribution in [0.2, 0.25) is 0 Å². The summed E-state index contributed by atoms with van der Waals surface area (Å²) in [5.41, 5.74) is 1.71. The van der Waals surface area contributed by atoms with Crippen molar-refractivity contribution in [2.75, 3.05) is 11.9 Å². The zero-order valence-electron chi connectivity index (χ0n) is 14.2. The second kappa shape index (κ2) is 7.79. The highest BCUT2D eigenvalue weighted by atomic mass is 16.2. The molecule has 25 heavy (non-hydrogen) atoms. The maximum absolute atomic E-state index is 12.6. The topological polar surface area (TPSA) is 74.3 Å². The zero-order valence-corrected chi connectivity index (χ0v) is 14.2. The molecule has 2 N–H and O–H groups in total. The monoisotopic (exact) mass is 338 g/mol. The van der Waals surface area contributed by atoms with Gasteiger partial charge in [0.15, 0.2) is 0 Å². The molecule has 3 rings (SSSR count). The fourth-order valence-corrected chi connectivity index (χ4v) is 3.04. The van der Waals surface area contributed by atoms with Gasteiger partial charge >= 0.3 is 6.03 Å². The predicted octanol–water partition coefficient (Wildman–Crippen LogP) is 2.96. The first-order chi connectivity index (χ1) is 12.1. The van der Waals surface area contributed by atoms with E-state index in [9.17, 15) is 9.59 Å². The van der Waals surface area contributed by atoms with Gasteiger partial charge in [-0.25, -0.2) is 4.79 Å². The van der Waals surface area contributed by atoms with Crippen LogP contribution in [0.3, 0.4) is 0 Å². The van der Waals surface area contributed by atoms with E-state index in [2.05, 4.69) is 15.6 Å². The van der Waals surface area contributed by atoms with E-state index in [1.807, 2.05) is 49.4 Å². The Morgan fingerprint density at radius 3 is 2.60 bits per heavy atom. The number of rotatable bonds is 4. The Morgan fingerprint density at radius 1 is 1.16 bits per heavy atom. The van der Waals surface area contributed by atoms with Gasteiger partial charge in [-0.1, -0.05) is 18.2 Å². The van der Waals surface area contributed by atoms with Crippen molar-refractivity contribution in [1.82, 2.24) is 15.2 Å². The molecule has 130 valence electrons. The van der Waals surface area contributed by atoms with Crippen LogP contribution in [0, 0.1) is 0 Å². The van der Waals surface area contributed by atoms with Gasteiger partial charge in [-0.15, -0.1) is 0 Å². The minimum absolute atomic E-state index is 0.120. The molecule has 1 aliphatic heterocycles. The third-order valence-electron chi connectivity index (χ3n) is 4.41. The van der Waals surface area contributed by atoms with Gasteiger partial charge in [0, 0.05) is 24.6 Å². The molecule has 1 saturated heterocycles. The van der Waals surface area contributed by atoms with Gasteiger partial charge in [0.2, 0.25) is 5.91 Å². The standard InChI is InChI=1S/C19H22N4O2/c1-14(15-9-11-20-12-10-15)21-18(24)17-8-5-13-23(17)19(25)22-16-6-3-2-4-7-16/h2-4,6-7,9-12,14,17H,5,8,13H2,1H3,(H,21,24)(H,22,25)/t14-,17+/m1/s1. The number of urea groups is 1. The first-order valence-corrected chi connectivity index (χ1v) is 8.48. The van der Waals surface area contributed by atoms with Gasteiger partial charge in [-0.3, -0.25) is 9.78 Å². The average Bonchev–Trinajstić information content (AvgIpc) is 3.13. The number of hydrogen-bond donors (Lipinski definition) is 2. The fraction of sp³-hybridized carbons (Fsp3) is 0.316. The van der Waals surface area contributed by atoms with Crippen LogP contribution >= 0.6 is 0 Å². The van der Waals surface area contributed by atoms with Crippen molar-refractivity contribution < 1.29 is 9.59 Å². The molecule has 1 fully saturated rings. The highest BCUT2D eigenvalue weighted by Gasteiger charge is 2.34. The number of amides is 3. The van der Waals surface area contributed by atoms with Crippen LogP contribution in [0.4, 0.5) is 10.5 Å². The minimum Gasteiger partial charge on any atom is -0.348 e. The van der Waals surface area contributed by atoms with Crippen LogP contribution in [0.1, 0.15) is 31.4 Å². The molecule has 0 unspecified atom stereocenters. The van der Waals surface area contributed by atoms with Gasteiger partial charge in [0.1, 0.15) is 6.04 Å². The Balaban J connectivity index is 1.62. The summed E-state index contributed by atoms with van der Waals surface area (Å²) in [6.07, 6.45) is 4.90. The van der Waals surface area contributed by atoms with Gasteiger partial charge in [0.05, 0.1) is 6.04 Å². The van der Waals surface area contributed by atoms with Crippen molar-refractivity contribution in [1.29, 1.82) is 0 Å². The summed E-state index contributed by atoms with van der Waals surface area (Å²) in [4.78, 5) is 30.8. The molecule has 0 radical (unpaired) electrons. The van der Waals surface area contributed by atoms with Crippen LogP contribution < -0.4 is 10.6 Å². The van der Waals surface area contributed by atoms with Crippen LogP contribution in [-0.2, 0) is 4.79 Å². The van der Waals surface area contributed by atoms with Crippen LogP contribution in [-0.4, -0.2) is 34.4 Å². The summed E-state index contributed by atoms with van der Waals surface area (Å²) in [6, 6.07) is 12.2. The summed E-state index contributed by atoms with van der Waals surface area (Å²) < 4.78 is 0. The summed E-state index contributed by atoms with van der Waals surface area (Å²) in [7, 11) is 0. The Labute approximate surface area is 147 Å². The Morgan fingerprint density at radius 2 is 1.88 bits per heavy atom. The molecule has 0 aliphatic carbocycles. The van der Waals surface area contributed by atoms with E-state index >= 15 is 0 Å². The van der Waals surface area contributed by atoms with Gasteiger partial charge in [0.25, 0.3) is 0 Å². The van der Waals surface area contributed by atoms with E-state index in [0.717, 1.165) is 17.7 Å². The number of para-hydroxylation sites is 1. The van der Waals surface area contributed by atoms with Crippen molar-refractivity contribution >= 4 is 17.6 Å². The predicted molar refractivity (Wildman–Crippen MR) is 96.0 cm³/mol. The Hall–Kier alpha value is -2.89. The Bertz CT molecular complexity index is 721. The lowest BCUT2D eigenvalue weighted by Crippen LogP contribution is -2.47. The molecular weight excluding hydrogens is 316 g/mol. The zero-order chi connectivity index (χ0) is 17.6. The SMILES string of the molecule is C[C@@H](NC(=O)[C@@H]1CCCN1C(=O)Nc1ccccc1)c1ccncc1.